The van der Waals surface area contributed by atoms with Gasteiger partial charge in [0.2, 0.25) is 0 Å². The molecule has 2 heteroatoms. The van der Waals surface area contributed by atoms with Crippen molar-refractivity contribution in [3.8, 4) is 0 Å². The highest BCUT2D eigenvalue weighted by molar-refractivity contribution is 4.78. The minimum atomic E-state index is 0.427. The van der Waals surface area contributed by atoms with Gasteiger partial charge < -0.3 is 10.1 Å². The van der Waals surface area contributed by atoms with E-state index in [1.165, 1.54) is 32.1 Å². The summed E-state index contributed by atoms with van der Waals surface area (Å²) >= 11 is 0. The van der Waals surface area contributed by atoms with Crippen molar-refractivity contribution in [2.24, 2.45) is 11.3 Å². The molecule has 0 aromatic rings. The number of ether oxygens (including phenoxy) is 1. The zero-order valence-corrected chi connectivity index (χ0v) is 12.2. The Bertz CT molecular complexity index is 192. The molecule has 17 heavy (non-hydrogen) atoms. The summed E-state index contributed by atoms with van der Waals surface area (Å²) in [5, 5.41) is 3.73. The molecule has 0 saturated carbocycles. The SMILES string of the molecule is CCCNC(CC1CCOCC1)CC(C)(C)C. The third-order valence-electron chi connectivity index (χ3n) is 3.50. The lowest BCUT2D eigenvalue weighted by Gasteiger charge is -2.31. The van der Waals surface area contributed by atoms with Crippen LogP contribution in [0.3, 0.4) is 0 Å². The third-order valence-corrected chi connectivity index (χ3v) is 3.50. The van der Waals surface area contributed by atoms with Gasteiger partial charge in [0.15, 0.2) is 0 Å². The van der Waals surface area contributed by atoms with E-state index in [4.69, 9.17) is 4.74 Å². The molecule has 1 N–H and O–H groups in total. The maximum absolute atomic E-state index is 5.44. The summed E-state index contributed by atoms with van der Waals surface area (Å²) in [7, 11) is 0. The Balaban J connectivity index is 2.38. The molecule has 0 aromatic carbocycles. The highest BCUT2D eigenvalue weighted by Crippen LogP contribution is 2.27. The Labute approximate surface area is 108 Å². The molecule has 0 radical (unpaired) electrons. The molecule has 1 atom stereocenters. The molecule has 1 rings (SSSR count). The summed E-state index contributed by atoms with van der Waals surface area (Å²) in [6.07, 6.45) is 6.36. The van der Waals surface area contributed by atoms with Crippen LogP contribution in [-0.4, -0.2) is 25.8 Å². The Hall–Kier alpha value is -0.0800. The molecule has 1 aliphatic rings. The van der Waals surface area contributed by atoms with Crippen molar-refractivity contribution >= 4 is 0 Å². The van der Waals surface area contributed by atoms with Gasteiger partial charge >= 0.3 is 0 Å². The van der Waals surface area contributed by atoms with Crippen LogP contribution in [-0.2, 0) is 4.74 Å². The predicted molar refractivity (Wildman–Crippen MR) is 74.3 cm³/mol. The first-order valence-corrected chi connectivity index (χ1v) is 7.32. The van der Waals surface area contributed by atoms with Crippen molar-refractivity contribution in [3.05, 3.63) is 0 Å². The van der Waals surface area contributed by atoms with E-state index < -0.39 is 0 Å². The molecule has 102 valence electrons. The van der Waals surface area contributed by atoms with E-state index >= 15 is 0 Å². The largest absolute Gasteiger partial charge is 0.381 e. The number of hydrogen-bond acceptors (Lipinski definition) is 2. The molecule has 1 fully saturated rings. The van der Waals surface area contributed by atoms with Crippen LogP contribution in [0.4, 0.5) is 0 Å². The molecule has 2 nitrogen and oxygen atoms in total. The fraction of sp³-hybridized carbons (Fsp3) is 1.00. The van der Waals surface area contributed by atoms with Crippen LogP contribution in [0.1, 0.15) is 59.8 Å². The first-order chi connectivity index (χ1) is 8.01. The fourth-order valence-corrected chi connectivity index (χ4v) is 2.71. The van der Waals surface area contributed by atoms with E-state index in [1.54, 1.807) is 0 Å². The highest BCUT2D eigenvalue weighted by Gasteiger charge is 2.23. The topological polar surface area (TPSA) is 21.3 Å². The highest BCUT2D eigenvalue weighted by atomic mass is 16.5. The van der Waals surface area contributed by atoms with Crippen LogP contribution in [0.2, 0.25) is 0 Å². The van der Waals surface area contributed by atoms with Gasteiger partial charge in [0.05, 0.1) is 0 Å². The summed E-state index contributed by atoms with van der Waals surface area (Å²) < 4.78 is 5.44. The smallest absolute Gasteiger partial charge is 0.0468 e. The van der Waals surface area contributed by atoms with Gasteiger partial charge in [0, 0.05) is 19.3 Å². The third kappa shape index (κ3) is 7.05. The molecule has 1 unspecified atom stereocenters. The minimum absolute atomic E-state index is 0.427. The molecule has 1 aliphatic heterocycles. The second-order valence-corrected chi connectivity index (χ2v) is 6.71. The van der Waals surface area contributed by atoms with Crippen LogP contribution in [0.5, 0.6) is 0 Å². The summed E-state index contributed by atoms with van der Waals surface area (Å²) in [5.74, 6) is 0.875. The number of nitrogens with one attached hydrogen (secondary N) is 1. The maximum atomic E-state index is 5.44. The molecular weight excluding hydrogens is 210 g/mol. The van der Waals surface area contributed by atoms with E-state index in [9.17, 15) is 0 Å². The van der Waals surface area contributed by atoms with Crippen molar-refractivity contribution in [2.75, 3.05) is 19.8 Å². The van der Waals surface area contributed by atoms with Crippen molar-refractivity contribution < 1.29 is 4.74 Å². The van der Waals surface area contributed by atoms with Crippen LogP contribution in [0.25, 0.3) is 0 Å². The molecule has 0 spiro atoms. The first-order valence-electron chi connectivity index (χ1n) is 7.32. The van der Waals surface area contributed by atoms with Crippen molar-refractivity contribution in [1.82, 2.24) is 5.32 Å². The summed E-state index contributed by atoms with van der Waals surface area (Å²) in [6, 6.07) is 0.693. The minimum Gasteiger partial charge on any atom is -0.381 e. The van der Waals surface area contributed by atoms with Gasteiger partial charge in [-0.2, -0.15) is 0 Å². The lowest BCUT2D eigenvalue weighted by atomic mass is 9.83. The average molecular weight is 241 g/mol. The lowest BCUT2D eigenvalue weighted by molar-refractivity contribution is 0.0587. The Morgan fingerprint density at radius 3 is 2.41 bits per heavy atom. The molecule has 0 amide bonds. The van der Waals surface area contributed by atoms with E-state index in [1.807, 2.05) is 0 Å². The average Bonchev–Trinajstić information content (AvgIpc) is 2.25. The van der Waals surface area contributed by atoms with E-state index in [0.29, 0.717) is 11.5 Å². The molecule has 1 heterocycles. The summed E-state index contributed by atoms with van der Waals surface area (Å²) in [5.41, 5.74) is 0.427. The van der Waals surface area contributed by atoms with Crippen LogP contribution < -0.4 is 5.32 Å². The maximum Gasteiger partial charge on any atom is 0.0468 e. The standard InChI is InChI=1S/C15H31NO/c1-5-8-16-14(12-15(2,3)4)11-13-6-9-17-10-7-13/h13-14,16H,5-12H2,1-4H3. The van der Waals surface area contributed by atoms with Crippen molar-refractivity contribution in [1.29, 1.82) is 0 Å². The van der Waals surface area contributed by atoms with E-state index in [2.05, 4.69) is 33.0 Å². The van der Waals surface area contributed by atoms with Crippen molar-refractivity contribution in [2.45, 2.75) is 65.8 Å². The number of hydrogen-bond donors (Lipinski definition) is 1. The van der Waals surface area contributed by atoms with Crippen LogP contribution in [0.15, 0.2) is 0 Å². The quantitative estimate of drug-likeness (QED) is 0.767. The molecule has 0 aliphatic carbocycles. The second kappa shape index (κ2) is 7.38. The molecule has 0 bridgehead atoms. The monoisotopic (exact) mass is 241 g/mol. The molecular formula is C15H31NO. The van der Waals surface area contributed by atoms with Gasteiger partial charge in [-0.15, -0.1) is 0 Å². The Morgan fingerprint density at radius 1 is 1.24 bits per heavy atom. The second-order valence-electron chi connectivity index (χ2n) is 6.71. The Morgan fingerprint density at radius 2 is 1.88 bits per heavy atom. The van der Waals surface area contributed by atoms with Gasteiger partial charge in [-0.1, -0.05) is 27.7 Å². The van der Waals surface area contributed by atoms with E-state index in [0.717, 1.165) is 25.7 Å². The van der Waals surface area contributed by atoms with Gasteiger partial charge in [-0.25, -0.2) is 0 Å². The van der Waals surface area contributed by atoms with Gasteiger partial charge in [0.25, 0.3) is 0 Å². The predicted octanol–water partition coefficient (Wildman–Crippen LogP) is 3.61. The van der Waals surface area contributed by atoms with Crippen molar-refractivity contribution in [3.63, 3.8) is 0 Å². The molecule has 0 aromatic heterocycles. The van der Waals surface area contributed by atoms with E-state index in [-0.39, 0.29) is 0 Å². The van der Waals surface area contributed by atoms with Gasteiger partial charge in [-0.05, 0) is 50.0 Å². The zero-order chi connectivity index (χ0) is 12.7. The molecule has 1 saturated heterocycles. The van der Waals surface area contributed by atoms with Crippen LogP contribution >= 0.6 is 0 Å². The summed E-state index contributed by atoms with van der Waals surface area (Å²) in [6.45, 7) is 12.4. The lowest BCUT2D eigenvalue weighted by Crippen LogP contribution is -2.36. The normalized spacial score (nSPS) is 20.5. The summed E-state index contributed by atoms with van der Waals surface area (Å²) in [4.78, 5) is 0. The van der Waals surface area contributed by atoms with Crippen LogP contribution in [0, 0.1) is 11.3 Å². The van der Waals surface area contributed by atoms with Gasteiger partial charge in [0.1, 0.15) is 0 Å². The zero-order valence-electron chi connectivity index (χ0n) is 12.2. The number of rotatable bonds is 6. The fourth-order valence-electron chi connectivity index (χ4n) is 2.71. The Kier molecular flexibility index (Phi) is 6.50. The first kappa shape index (κ1) is 15.0. The van der Waals surface area contributed by atoms with Gasteiger partial charge in [-0.3, -0.25) is 0 Å².